The van der Waals surface area contributed by atoms with Crippen LogP contribution in [0, 0.1) is 0 Å². The molecule has 0 heterocycles. The quantitative estimate of drug-likeness (QED) is 0.800. The number of hydrogen-bond acceptors (Lipinski definition) is 3. The standard InChI is InChI=1S/C15H14F2N2OS/c16-15(17)21-13-7-2-1-6-12(13)19-9-10-4-3-5-11(8-10)14(18)20/h1-8,15,19H,9H2,(H2,18,20). The van der Waals surface area contributed by atoms with Crippen LogP contribution in [0.25, 0.3) is 0 Å². The molecule has 0 saturated carbocycles. The number of primary amides is 1. The van der Waals surface area contributed by atoms with E-state index in [1.807, 2.05) is 6.07 Å². The van der Waals surface area contributed by atoms with Gasteiger partial charge in [0, 0.05) is 22.7 Å². The molecule has 0 unspecified atom stereocenters. The van der Waals surface area contributed by atoms with Crippen LogP contribution in [0.1, 0.15) is 15.9 Å². The number of rotatable bonds is 6. The summed E-state index contributed by atoms with van der Waals surface area (Å²) in [6, 6.07) is 13.7. The number of carbonyl (C=O) groups is 1. The first kappa shape index (κ1) is 15.3. The van der Waals surface area contributed by atoms with E-state index in [9.17, 15) is 13.6 Å². The van der Waals surface area contributed by atoms with Gasteiger partial charge < -0.3 is 11.1 Å². The van der Waals surface area contributed by atoms with E-state index in [0.29, 0.717) is 34.5 Å². The van der Waals surface area contributed by atoms with Crippen molar-refractivity contribution in [3.63, 3.8) is 0 Å². The van der Waals surface area contributed by atoms with Gasteiger partial charge in [-0.15, -0.1) is 0 Å². The van der Waals surface area contributed by atoms with Crippen LogP contribution in [-0.4, -0.2) is 11.7 Å². The molecule has 2 aromatic rings. The fraction of sp³-hybridized carbons (Fsp3) is 0.133. The minimum absolute atomic E-state index is 0.419. The lowest BCUT2D eigenvalue weighted by atomic mass is 10.1. The van der Waals surface area contributed by atoms with E-state index in [1.165, 1.54) is 0 Å². The number of benzene rings is 2. The Bertz CT molecular complexity index is 635. The van der Waals surface area contributed by atoms with Gasteiger partial charge in [0.1, 0.15) is 0 Å². The van der Waals surface area contributed by atoms with E-state index in [2.05, 4.69) is 5.32 Å². The number of anilines is 1. The molecule has 0 aromatic heterocycles. The molecule has 0 fully saturated rings. The number of amides is 1. The predicted octanol–water partition coefficient (Wildman–Crippen LogP) is 3.71. The fourth-order valence-electron chi connectivity index (χ4n) is 1.84. The third-order valence-electron chi connectivity index (χ3n) is 2.80. The molecule has 3 N–H and O–H groups in total. The maximum atomic E-state index is 12.5. The molecular formula is C15H14F2N2OS. The predicted molar refractivity (Wildman–Crippen MR) is 80.6 cm³/mol. The van der Waals surface area contributed by atoms with Crippen LogP contribution in [0.3, 0.4) is 0 Å². The lowest BCUT2D eigenvalue weighted by Crippen LogP contribution is -2.11. The molecule has 2 rings (SSSR count). The molecule has 1 amide bonds. The number of nitrogens with two attached hydrogens (primary N) is 1. The third kappa shape index (κ3) is 4.46. The zero-order valence-electron chi connectivity index (χ0n) is 11.1. The van der Waals surface area contributed by atoms with Crippen molar-refractivity contribution in [1.29, 1.82) is 0 Å². The first-order valence-electron chi connectivity index (χ1n) is 6.22. The van der Waals surface area contributed by atoms with Crippen molar-refractivity contribution in [2.45, 2.75) is 17.2 Å². The van der Waals surface area contributed by atoms with Gasteiger partial charge in [0.15, 0.2) is 0 Å². The van der Waals surface area contributed by atoms with E-state index in [0.717, 1.165) is 5.56 Å². The van der Waals surface area contributed by atoms with Crippen molar-refractivity contribution >= 4 is 23.4 Å². The topological polar surface area (TPSA) is 55.1 Å². The molecule has 0 bridgehead atoms. The Morgan fingerprint density at radius 2 is 1.95 bits per heavy atom. The first-order chi connectivity index (χ1) is 10.1. The summed E-state index contributed by atoms with van der Waals surface area (Å²) in [4.78, 5) is 11.6. The second kappa shape index (κ2) is 7.08. The van der Waals surface area contributed by atoms with Crippen molar-refractivity contribution in [3.8, 4) is 0 Å². The summed E-state index contributed by atoms with van der Waals surface area (Å²) in [5.74, 6) is -2.96. The average Bonchev–Trinajstić information content (AvgIpc) is 2.46. The largest absolute Gasteiger partial charge is 0.380 e. The highest BCUT2D eigenvalue weighted by Gasteiger charge is 2.09. The number of nitrogens with one attached hydrogen (secondary N) is 1. The number of alkyl halides is 2. The molecule has 0 radical (unpaired) electrons. The Morgan fingerprint density at radius 1 is 1.19 bits per heavy atom. The molecule has 0 atom stereocenters. The zero-order chi connectivity index (χ0) is 15.2. The van der Waals surface area contributed by atoms with Gasteiger partial charge in [-0.1, -0.05) is 36.0 Å². The highest BCUT2D eigenvalue weighted by Crippen LogP contribution is 2.31. The van der Waals surface area contributed by atoms with Crippen LogP contribution in [0.4, 0.5) is 14.5 Å². The first-order valence-corrected chi connectivity index (χ1v) is 7.10. The van der Waals surface area contributed by atoms with E-state index in [1.54, 1.807) is 42.5 Å². The zero-order valence-corrected chi connectivity index (χ0v) is 11.9. The van der Waals surface area contributed by atoms with Crippen LogP contribution in [-0.2, 0) is 6.54 Å². The third-order valence-corrected chi connectivity index (χ3v) is 3.59. The average molecular weight is 308 g/mol. The van der Waals surface area contributed by atoms with Gasteiger partial charge in [-0.3, -0.25) is 4.79 Å². The van der Waals surface area contributed by atoms with Gasteiger partial charge in [-0.25, -0.2) is 0 Å². The second-order valence-electron chi connectivity index (χ2n) is 4.29. The van der Waals surface area contributed by atoms with Crippen molar-refractivity contribution in [2.24, 2.45) is 5.73 Å². The summed E-state index contributed by atoms with van der Waals surface area (Å²) in [5, 5.41) is 3.09. The van der Waals surface area contributed by atoms with E-state index >= 15 is 0 Å². The van der Waals surface area contributed by atoms with Gasteiger partial charge in [0.05, 0.1) is 0 Å². The maximum absolute atomic E-state index is 12.5. The summed E-state index contributed by atoms with van der Waals surface area (Å²) < 4.78 is 25.0. The molecule has 0 aliphatic rings. The normalized spacial score (nSPS) is 10.6. The van der Waals surface area contributed by atoms with Gasteiger partial charge in [-0.2, -0.15) is 8.78 Å². The Labute approximate surface area is 125 Å². The molecule has 3 nitrogen and oxygen atoms in total. The van der Waals surface area contributed by atoms with Crippen molar-refractivity contribution in [1.82, 2.24) is 0 Å². The van der Waals surface area contributed by atoms with E-state index in [-0.39, 0.29) is 0 Å². The summed E-state index contributed by atoms with van der Waals surface area (Å²) in [6.07, 6.45) is 0. The van der Waals surface area contributed by atoms with Gasteiger partial charge in [0.2, 0.25) is 5.91 Å². The van der Waals surface area contributed by atoms with Crippen LogP contribution in [0.15, 0.2) is 53.4 Å². The number of halogens is 2. The Balaban J connectivity index is 2.09. The van der Waals surface area contributed by atoms with Gasteiger partial charge >= 0.3 is 0 Å². The highest BCUT2D eigenvalue weighted by molar-refractivity contribution is 7.99. The van der Waals surface area contributed by atoms with Crippen molar-refractivity contribution < 1.29 is 13.6 Å². The number of carbonyl (C=O) groups excluding carboxylic acids is 1. The molecule has 0 saturated heterocycles. The Kier molecular flexibility index (Phi) is 5.16. The molecule has 6 heteroatoms. The SMILES string of the molecule is NC(=O)c1cccc(CNc2ccccc2SC(F)F)c1. The van der Waals surface area contributed by atoms with Gasteiger partial charge in [-0.05, 0) is 29.8 Å². The lowest BCUT2D eigenvalue weighted by Gasteiger charge is -2.11. The van der Waals surface area contributed by atoms with Gasteiger partial charge in [0.25, 0.3) is 5.76 Å². The Hall–Kier alpha value is -2.08. The van der Waals surface area contributed by atoms with Crippen LogP contribution < -0.4 is 11.1 Å². The maximum Gasteiger partial charge on any atom is 0.288 e. The molecule has 110 valence electrons. The minimum atomic E-state index is -2.47. The molecule has 2 aromatic carbocycles. The summed E-state index contributed by atoms with van der Waals surface area (Å²) in [6.45, 7) is 0.419. The molecule has 0 spiro atoms. The van der Waals surface area contributed by atoms with Crippen LogP contribution in [0.2, 0.25) is 0 Å². The summed E-state index contributed by atoms with van der Waals surface area (Å²) in [7, 11) is 0. The molecule has 21 heavy (non-hydrogen) atoms. The van der Waals surface area contributed by atoms with E-state index < -0.39 is 11.7 Å². The fourth-order valence-corrected chi connectivity index (χ4v) is 2.46. The highest BCUT2D eigenvalue weighted by atomic mass is 32.2. The molecule has 0 aliphatic carbocycles. The minimum Gasteiger partial charge on any atom is -0.380 e. The monoisotopic (exact) mass is 308 g/mol. The van der Waals surface area contributed by atoms with Crippen molar-refractivity contribution in [2.75, 3.05) is 5.32 Å². The smallest absolute Gasteiger partial charge is 0.288 e. The molecule has 0 aliphatic heterocycles. The summed E-state index contributed by atoms with van der Waals surface area (Å²) >= 11 is 0.498. The van der Waals surface area contributed by atoms with E-state index in [4.69, 9.17) is 5.73 Å². The lowest BCUT2D eigenvalue weighted by molar-refractivity contribution is 0.1000. The number of para-hydroxylation sites is 1. The van der Waals surface area contributed by atoms with Crippen molar-refractivity contribution in [3.05, 3.63) is 59.7 Å². The van der Waals surface area contributed by atoms with Crippen LogP contribution >= 0.6 is 11.8 Å². The molecular weight excluding hydrogens is 294 g/mol. The summed E-state index contributed by atoms with van der Waals surface area (Å²) in [5.41, 5.74) is 7.13. The number of hydrogen-bond donors (Lipinski definition) is 2. The van der Waals surface area contributed by atoms with Crippen LogP contribution in [0.5, 0.6) is 0 Å². The Morgan fingerprint density at radius 3 is 2.67 bits per heavy atom. The number of thioether (sulfide) groups is 1. The second-order valence-corrected chi connectivity index (χ2v) is 5.32.